The van der Waals surface area contributed by atoms with Gasteiger partial charge in [0.1, 0.15) is 0 Å². The summed E-state index contributed by atoms with van der Waals surface area (Å²) in [7, 11) is 0. The summed E-state index contributed by atoms with van der Waals surface area (Å²) in [6.07, 6.45) is 5.85. The number of rotatable bonds is 2. The first-order valence-electron chi connectivity index (χ1n) is 7.18. The number of carbonyl (C=O) groups is 1. The highest BCUT2D eigenvalue weighted by molar-refractivity contribution is 5.79. The number of benzene rings is 1. The maximum atomic E-state index is 12.4. The Balaban J connectivity index is 1.63. The van der Waals surface area contributed by atoms with Crippen molar-refractivity contribution in [3.8, 4) is 0 Å². The van der Waals surface area contributed by atoms with Crippen LogP contribution in [0.2, 0.25) is 0 Å². The Morgan fingerprint density at radius 3 is 2.50 bits per heavy atom. The van der Waals surface area contributed by atoms with Gasteiger partial charge in [0.15, 0.2) is 0 Å². The van der Waals surface area contributed by atoms with Crippen LogP contribution in [0.5, 0.6) is 0 Å². The SMILES string of the molecule is O=C(C1CCCC1)N1CCC(c2ccccc2)C1. The Morgan fingerprint density at radius 2 is 1.78 bits per heavy atom. The minimum Gasteiger partial charge on any atom is -0.342 e. The molecule has 1 aromatic rings. The lowest BCUT2D eigenvalue weighted by Gasteiger charge is -2.20. The normalized spacial score (nSPS) is 24.7. The summed E-state index contributed by atoms with van der Waals surface area (Å²) >= 11 is 0. The molecule has 1 atom stereocenters. The average molecular weight is 243 g/mol. The van der Waals surface area contributed by atoms with Crippen molar-refractivity contribution >= 4 is 5.91 Å². The first-order chi connectivity index (χ1) is 8.84. The molecule has 18 heavy (non-hydrogen) atoms. The van der Waals surface area contributed by atoms with E-state index in [4.69, 9.17) is 0 Å². The van der Waals surface area contributed by atoms with E-state index in [0.29, 0.717) is 17.7 Å². The van der Waals surface area contributed by atoms with E-state index in [1.165, 1.54) is 18.4 Å². The molecule has 0 spiro atoms. The molecule has 2 heteroatoms. The van der Waals surface area contributed by atoms with E-state index in [0.717, 1.165) is 32.4 Å². The minimum atomic E-state index is 0.333. The van der Waals surface area contributed by atoms with Crippen LogP contribution in [-0.2, 0) is 4.79 Å². The molecule has 0 bridgehead atoms. The summed E-state index contributed by atoms with van der Waals surface area (Å²) in [5.41, 5.74) is 1.39. The summed E-state index contributed by atoms with van der Waals surface area (Å²) in [5.74, 6) is 1.31. The minimum absolute atomic E-state index is 0.333. The van der Waals surface area contributed by atoms with Gasteiger partial charge in [0.25, 0.3) is 0 Å². The molecule has 0 aromatic heterocycles. The number of likely N-dealkylation sites (tertiary alicyclic amines) is 1. The molecule has 1 unspecified atom stereocenters. The van der Waals surface area contributed by atoms with Crippen molar-refractivity contribution < 1.29 is 4.79 Å². The molecule has 1 saturated carbocycles. The van der Waals surface area contributed by atoms with Crippen LogP contribution in [0.4, 0.5) is 0 Å². The lowest BCUT2D eigenvalue weighted by Crippen LogP contribution is -2.33. The van der Waals surface area contributed by atoms with E-state index in [1.807, 2.05) is 0 Å². The molecule has 2 fully saturated rings. The predicted molar refractivity (Wildman–Crippen MR) is 72.3 cm³/mol. The molecule has 1 amide bonds. The zero-order valence-electron chi connectivity index (χ0n) is 10.8. The van der Waals surface area contributed by atoms with Crippen LogP contribution < -0.4 is 0 Å². The lowest BCUT2D eigenvalue weighted by atomic mass is 9.99. The summed E-state index contributed by atoms with van der Waals surface area (Å²) in [5, 5.41) is 0. The van der Waals surface area contributed by atoms with Gasteiger partial charge < -0.3 is 4.90 Å². The molecule has 2 aliphatic rings. The fourth-order valence-corrected chi connectivity index (χ4v) is 3.39. The molecule has 1 aliphatic heterocycles. The highest BCUT2D eigenvalue weighted by atomic mass is 16.2. The van der Waals surface area contributed by atoms with E-state index in [9.17, 15) is 4.79 Å². The van der Waals surface area contributed by atoms with Crippen LogP contribution in [0.25, 0.3) is 0 Å². The van der Waals surface area contributed by atoms with Gasteiger partial charge in [0.05, 0.1) is 0 Å². The third-order valence-corrected chi connectivity index (χ3v) is 4.48. The van der Waals surface area contributed by atoms with Crippen LogP contribution in [0, 0.1) is 5.92 Å². The number of carbonyl (C=O) groups excluding carboxylic acids is 1. The number of hydrogen-bond acceptors (Lipinski definition) is 1. The smallest absolute Gasteiger partial charge is 0.225 e. The molecule has 3 rings (SSSR count). The third kappa shape index (κ3) is 2.29. The predicted octanol–water partition coefficient (Wildman–Crippen LogP) is 3.19. The van der Waals surface area contributed by atoms with Gasteiger partial charge in [-0.3, -0.25) is 4.79 Å². The Kier molecular flexibility index (Phi) is 3.35. The standard InChI is InChI=1S/C16H21NO/c18-16(14-8-4-5-9-14)17-11-10-15(12-17)13-6-2-1-3-7-13/h1-3,6-7,14-15H,4-5,8-12H2. The van der Waals surface area contributed by atoms with Crippen LogP contribution in [0.1, 0.15) is 43.6 Å². The third-order valence-electron chi connectivity index (χ3n) is 4.48. The second-order valence-corrected chi connectivity index (χ2v) is 5.66. The van der Waals surface area contributed by atoms with Gasteiger partial charge in [-0.2, -0.15) is 0 Å². The van der Waals surface area contributed by atoms with Gasteiger partial charge in [-0.15, -0.1) is 0 Å². The Hall–Kier alpha value is -1.31. The van der Waals surface area contributed by atoms with E-state index in [1.54, 1.807) is 0 Å². The van der Waals surface area contributed by atoms with Crippen molar-refractivity contribution in [2.45, 2.75) is 38.0 Å². The van der Waals surface area contributed by atoms with Crippen molar-refractivity contribution in [1.82, 2.24) is 4.90 Å². The average Bonchev–Trinajstić information content (AvgIpc) is 3.10. The van der Waals surface area contributed by atoms with Gasteiger partial charge >= 0.3 is 0 Å². The maximum absolute atomic E-state index is 12.4. The number of nitrogens with zero attached hydrogens (tertiary/aromatic N) is 1. The highest BCUT2D eigenvalue weighted by Crippen LogP contribution is 2.31. The summed E-state index contributed by atoms with van der Waals surface area (Å²) < 4.78 is 0. The molecule has 1 saturated heterocycles. The van der Waals surface area contributed by atoms with Crippen LogP contribution in [-0.4, -0.2) is 23.9 Å². The van der Waals surface area contributed by atoms with Crippen LogP contribution in [0.3, 0.4) is 0 Å². The molecule has 0 N–H and O–H groups in total. The lowest BCUT2D eigenvalue weighted by molar-refractivity contribution is -0.134. The van der Waals surface area contributed by atoms with Crippen LogP contribution >= 0.6 is 0 Å². The summed E-state index contributed by atoms with van der Waals surface area (Å²) in [6.45, 7) is 1.88. The Morgan fingerprint density at radius 1 is 1.06 bits per heavy atom. The van der Waals surface area contributed by atoms with Crippen molar-refractivity contribution in [3.05, 3.63) is 35.9 Å². The maximum Gasteiger partial charge on any atom is 0.225 e. The molecule has 1 heterocycles. The van der Waals surface area contributed by atoms with Crippen LogP contribution in [0.15, 0.2) is 30.3 Å². The van der Waals surface area contributed by atoms with Gasteiger partial charge in [-0.25, -0.2) is 0 Å². The fourth-order valence-electron chi connectivity index (χ4n) is 3.39. The topological polar surface area (TPSA) is 20.3 Å². The highest BCUT2D eigenvalue weighted by Gasteiger charge is 2.32. The fraction of sp³-hybridized carbons (Fsp3) is 0.562. The van der Waals surface area contributed by atoms with Gasteiger partial charge in [-0.05, 0) is 24.8 Å². The van der Waals surface area contributed by atoms with Crippen molar-refractivity contribution in [2.75, 3.05) is 13.1 Å². The first kappa shape index (κ1) is 11.8. The zero-order valence-corrected chi connectivity index (χ0v) is 10.8. The molecule has 0 radical (unpaired) electrons. The number of hydrogen-bond donors (Lipinski definition) is 0. The summed E-state index contributed by atoms with van der Waals surface area (Å²) in [6, 6.07) is 10.6. The molecule has 96 valence electrons. The molecular formula is C16H21NO. The van der Waals surface area contributed by atoms with Gasteiger partial charge in [0, 0.05) is 24.9 Å². The number of amides is 1. The van der Waals surface area contributed by atoms with Gasteiger partial charge in [-0.1, -0.05) is 43.2 Å². The Bertz CT molecular complexity index is 408. The molecular weight excluding hydrogens is 222 g/mol. The van der Waals surface area contributed by atoms with E-state index in [2.05, 4.69) is 35.2 Å². The Labute approximate surface area is 109 Å². The molecule has 1 aromatic carbocycles. The quantitative estimate of drug-likeness (QED) is 0.781. The van der Waals surface area contributed by atoms with E-state index >= 15 is 0 Å². The van der Waals surface area contributed by atoms with E-state index < -0.39 is 0 Å². The second-order valence-electron chi connectivity index (χ2n) is 5.66. The monoisotopic (exact) mass is 243 g/mol. The second kappa shape index (κ2) is 5.13. The van der Waals surface area contributed by atoms with Gasteiger partial charge in [0.2, 0.25) is 5.91 Å². The van der Waals surface area contributed by atoms with Crippen molar-refractivity contribution in [2.24, 2.45) is 5.92 Å². The van der Waals surface area contributed by atoms with Crippen molar-refractivity contribution in [3.63, 3.8) is 0 Å². The van der Waals surface area contributed by atoms with Crippen molar-refractivity contribution in [1.29, 1.82) is 0 Å². The van der Waals surface area contributed by atoms with E-state index in [-0.39, 0.29) is 0 Å². The largest absolute Gasteiger partial charge is 0.342 e. The summed E-state index contributed by atoms with van der Waals surface area (Å²) in [4.78, 5) is 14.5. The molecule has 2 nitrogen and oxygen atoms in total. The molecule has 1 aliphatic carbocycles. The zero-order chi connectivity index (χ0) is 12.4. The first-order valence-corrected chi connectivity index (χ1v) is 7.18.